The van der Waals surface area contributed by atoms with Crippen molar-refractivity contribution in [2.45, 2.75) is 39.0 Å². The molecule has 0 heterocycles. The van der Waals surface area contributed by atoms with Crippen molar-refractivity contribution in [1.29, 1.82) is 0 Å². The maximum absolute atomic E-state index is 11.2. The van der Waals surface area contributed by atoms with Crippen LogP contribution >= 0.6 is 0 Å². The van der Waals surface area contributed by atoms with Gasteiger partial charge in [0.15, 0.2) is 0 Å². The maximum Gasteiger partial charge on any atom is 0.147 e. The molecule has 0 aliphatic heterocycles. The summed E-state index contributed by atoms with van der Waals surface area (Å²) in [5, 5.41) is 0. The minimum atomic E-state index is -2.84. The van der Waals surface area contributed by atoms with E-state index in [1.807, 2.05) is 0 Å². The van der Waals surface area contributed by atoms with Gasteiger partial charge in [0.25, 0.3) is 0 Å². The van der Waals surface area contributed by atoms with E-state index in [0.29, 0.717) is 12.3 Å². The number of sulfone groups is 1. The highest BCUT2D eigenvalue weighted by atomic mass is 32.2. The summed E-state index contributed by atoms with van der Waals surface area (Å²) in [6.07, 6.45) is 6.64. The minimum Gasteiger partial charge on any atom is -0.330 e. The Bertz CT molecular complexity index is 290. The quantitative estimate of drug-likeness (QED) is 0.802. The van der Waals surface area contributed by atoms with Crippen LogP contribution in [0.3, 0.4) is 0 Å². The number of hydrogen-bond acceptors (Lipinski definition) is 3. The predicted octanol–water partition coefficient (Wildman–Crippen LogP) is 1.58. The lowest BCUT2D eigenvalue weighted by molar-refractivity contribution is 0.158. The molecule has 0 bridgehead atoms. The molecule has 0 amide bonds. The third-order valence-electron chi connectivity index (χ3n) is 3.77. The molecule has 0 radical (unpaired) electrons. The Morgan fingerprint density at radius 2 is 1.87 bits per heavy atom. The van der Waals surface area contributed by atoms with Crippen LogP contribution in [0.15, 0.2) is 0 Å². The van der Waals surface area contributed by atoms with E-state index in [-0.39, 0.29) is 5.41 Å². The number of rotatable bonds is 4. The van der Waals surface area contributed by atoms with Crippen molar-refractivity contribution in [3.63, 3.8) is 0 Å². The fourth-order valence-corrected chi connectivity index (χ4v) is 3.14. The standard InChI is InChI=1S/C11H23NO2S/c1-10-3-5-11(9-12,6-4-10)7-8-15(2,13)14/h10H,3-9,12H2,1-2H3. The number of hydrogen-bond donors (Lipinski definition) is 1. The Morgan fingerprint density at radius 3 is 2.27 bits per heavy atom. The molecule has 2 N–H and O–H groups in total. The Balaban J connectivity index is 2.54. The molecule has 1 rings (SSSR count). The monoisotopic (exact) mass is 233 g/mol. The summed E-state index contributed by atoms with van der Waals surface area (Å²) in [5.41, 5.74) is 5.92. The summed E-state index contributed by atoms with van der Waals surface area (Å²) >= 11 is 0. The summed E-state index contributed by atoms with van der Waals surface area (Å²) < 4.78 is 22.3. The molecule has 3 nitrogen and oxygen atoms in total. The van der Waals surface area contributed by atoms with E-state index >= 15 is 0 Å². The maximum atomic E-state index is 11.2. The van der Waals surface area contributed by atoms with E-state index in [2.05, 4.69) is 6.92 Å². The van der Waals surface area contributed by atoms with Crippen LogP contribution in [-0.2, 0) is 9.84 Å². The van der Waals surface area contributed by atoms with Gasteiger partial charge in [0.05, 0.1) is 5.75 Å². The van der Waals surface area contributed by atoms with Gasteiger partial charge in [-0.1, -0.05) is 19.8 Å². The lowest BCUT2D eigenvalue weighted by Gasteiger charge is -2.38. The average molecular weight is 233 g/mol. The zero-order chi connectivity index (χ0) is 11.5. The molecule has 0 spiro atoms. The van der Waals surface area contributed by atoms with E-state index in [1.54, 1.807) is 0 Å². The van der Waals surface area contributed by atoms with Gasteiger partial charge >= 0.3 is 0 Å². The van der Waals surface area contributed by atoms with E-state index < -0.39 is 9.84 Å². The second-order valence-electron chi connectivity index (χ2n) is 5.27. The van der Waals surface area contributed by atoms with Crippen molar-refractivity contribution in [3.05, 3.63) is 0 Å². The van der Waals surface area contributed by atoms with Crippen LogP contribution in [0.5, 0.6) is 0 Å². The largest absolute Gasteiger partial charge is 0.330 e. The molecular weight excluding hydrogens is 210 g/mol. The summed E-state index contributed by atoms with van der Waals surface area (Å²) in [4.78, 5) is 0. The van der Waals surface area contributed by atoms with Gasteiger partial charge in [0, 0.05) is 6.26 Å². The highest BCUT2D eigenvalue weighted by molar-refractivity contribution is 7.90. The van der Waals surface area contributed by atoms with E-state index in [9.17, 15) is 8.42 Å². The first-order valence-corrected chi connectivity index (χ1v) is 7.81. The number of nitrogens with two attached hydrogens (primary N) is 1. The fraction of sp³-hybridized carbons (Fsp3) is 1.00. The van der Waals surface area contributed by atoms with Gasteiger partial charge in [-0.05, 0) is 37.1 Å². The van der Waals surface area contributed by atoms with Gasteiger partial charge in [-0.15, -0.1) is 0 Å². The van der Waals surface area contributed by atoms with Crippen molar-refractivity contribution in [2.24, 2.45) is 17.1 Å². The van der Waals surface area contributed by atoms with Crippen molar-refractivity contribution < 1.29 is 8.42 Å². The Morgan fingerprint density at radius 1 is 1.33 bits per heavy atom. The highest BCUT2D eigenvalue weighted by Gasteiger charge is 2.33. The first-order valence-electron chi connectivity index (χ1n) is 5.75. The zero-order valence-corrected chi connectivity index (χ0v) is 10.6. The zero-order valence-electron chi connectivity index (χ0n) is 9.83. The van der Waals surface area contributed by atoms with E-state index in [0.717, 1.165) is 25.2 Å². The van der Waals surface area contributed by atoms with Gasteiger partial charge in [-0.3, -0.25) is 0 Å². The van der Waals surface area contributed by atoms with Crippen molar-refractivity contribution in [2.75, 3.05) is 18.6 Å². The van der Waals surface area contributed by atoms with Gasteiger partial charge in [-0.2, -0.15) is 0 Å². The molecule has 4 heteroatoms. The van der Waals surface area contributed by atoms with Crippen LogP contribution in [-0.4, -0.2) is 27.0 Å². The molecule has 0 aromatic carbocycles. The molecule has 0 aromatic heterocycles. The Kier molecular flexibility index (Phi) is 4.18. The predicted molar refractivity (Wildman–Crippen MR) is 63.4 cm³/mol. The molecule has 1 aliphatic carbocycles. The SMILES string of the molecule is CC1CCC(CN)(CCS(C)(=O)=O)CC1. The molecule has 0 aromatic rings. The smallest absolute Gasteiger partial charge is 0.147 e. The van der Waals surface area contributed by atoms with Crippen LogP contribution in [0.25, 0.3) is 0 Å². The van der Waals surface area contributed by atoms with Gasteiger partial charge in [0.2, 0.25) is 0 Å². The van der Waals surface area contributed by atoms with E-state index in [1.165, 1.54) is 19.1 Å². The second-order valence-corrected chi connectivity index (χ2v) is 7.53. The molecule has 90 valence electrons. The van der Waals surface area contributed by atoms with Gasteiger partial charge < -0.3 is 5.73 Å². The molecule has 0 saturated heterocycles. The average Bonchev–Trinajstić information content (AvgIpc) is 2.17. The van der Waals surface area contributed by atoms with Crippen LogP contribution < -0.4 is 5.73 Å². The van der Waals surface area contributed by atoms with Crippen molar-refractivity contribution in [3.8, 4) is 0 Å². The van der Waals surface area contributed by atoms with Crippen LogP contribution in [0, 0.1) is 11.3 Å². The summed E-state index contributed by atoms with van der Waals surface area (Å²) in [5.74, 6) is 1.07. The topological polar surface area (TPSA) is 60.2 Å². The second kappa shape index (κ2) is 4.83. The lowest BCUT2D eigenvalue weighted by Crippen LogP contribution is -2.36. The third kappa shape index (κ3) is 4.11. The fourth-order valence-electron chi connectivity index (χ4n) is 2.33. The summed E-state index contributed by atoms with van der Waals surface area (Å²) in [7, 11) is -2.84. The van der Waals surface area contributed by atoms with Crippen molar-refractivity contribution >= 4 is 9.84 Å². The van der Waals surface area contributed by atoms with Gasteiger partial charge in [0.1, 0.15) is 9.84 Å². The molecular formula is C11H23NO2S. The Hall–Kier alpha value is -0.0900. The molecule has 15 heavy (non-hydrogen) atoms. The summed E-state index contributed by atoms with van der Waals surface area (Å²) in [6.45, 7) is 2.90. The molecule has 1 saturated carbocycles. The minimum absolute atomic E-state index is 0.107. The van der Waals surface area contributed by atoms with Crippen LogP contribution in [0.4, 0.5) is 0 Å². The Labute approximate surface area is 93.3 Å². The van der Waals surface area contributed by atoms with Crippen molar-refractivity contribution in [1.82, 2.24) is 0 Å². The lowest BCUT2D eigenvalue weighted by atomic mass is 9.69. The normalized spacial score (nSPS) is 32.9. The molecule has 1 fully saturated rings. The van der Waals surface area contributed by atoms with Crippen LogP contribution in [0.2, 0.25) is 0 Å². The third-order valence-corrected chi connectivity index (χ3v) is 4.72. The van der Waals surface area contributed by atoms with Gasteiger partial charge in [-0.25, -0.2) is 8.42 Å². The molecule has 0 unspecified atom stereocenters. The first-order chi connectivity index (χ1) is 6.87. The van der Waals surface area contributed by atoms with E-state index in [4.69, 9.17) is 5.73 Å². The first kappa shape index (κ1) is 13.0. The molecule has 0 atom stereocenters. The molecule has 1 aliphatic rings. The van der Waals surface area contributed by atoms with Crippen LogP contribution in [0.1, 0.15) is 39.0 Å². The summed E-state index contributed by atoms with van der Waals surface area (Å²) in [6, 6.07) is 0. The highest BCUT2D eigenvalue weighted by Crippen LogP contribution is 2.40.